The maximum absolute atomic E-state index is 12.2. The molecule has 0 aromatic heterocycles. The largest absolute Gasteiger partial charge is 0.489 e. The molecule has 7 heteroatoms. The number of hydrogen-bond donors (Lipinski definition) is 1. The third kappa shape index (κ3) is 6.89. The van der Waals surface area contributed by atoms with E-state index in [1.165, 1.54) is 0 Å². The van der Waals surface area contributed by atoms with E-state index in [0.717, 1.165) is 11.3 Å². The molecular formula is C22H27N3O4. The molecule has 1 heterocycles. The first kappa shape index (κ1) is 20.8. The fourth-order valence-corrected chi connectivity index (χ4v) is 3.02. The molecule has 0 spiro atoms. The van der Waals surface area contributed by atoms with Crippen molar-refractivity contribution in [2.45, 2.75) is 6.61 Å². The highest BCUT2D eigenvalue weighted by molar-refractivity contribution is 5.92. The SMILES string of the molecule is CN(CC(=O)Nc1ccc(OCc2ccccc2)cc1)CC(=O)N1CCOCC1. The van der Waals surface area contributed by atoms with Gasteiger partial charge in [-0.2, -0.15) is 0 Å². The van der Waals surface area contributed by atoms with E-state index in [1.54, 1.807) is 29.0 Å². The lowest BCUT2D eigenvalue weighted by molar-refractivity contribution is -0.136. The first-order valence-corrected chi connectivity index (χ1v) is 9.71. The molecule has 2 aromatic rings. The van der Waals surface area contributed by atoms with Gasteiger partial charge in [-0.05, 0) is 36.9 Å². The van der Waals surface area contributed by atoms with Crippen LogP contribution in [0.15, 0.2) is 54.6 Å². The third-order valence-electron chi connectivity index (χ3n) is 4.57. The Hall–Kier alpha value is -2.90. The van der Waals surface area contributed by atoms with Crippen molar-refractivity contribution >= 4 is 17.5 Å². The molecule has 0 unspecified atom stereocenters. The Morgan fingerprint density at radius 2 is 1.72 bits per heavy atom. The average Bonchev–Trinajstić information content (AvgIpc) is 2.74. The number of carbonyl (C=O) groups is 2. The number of amides is 2. The van der Waals surface area contributed by atoms with Gasteiger partial charge in [0.1, 0.15) is 12.4 Å². The van der Waals surface area contributed by atoms with Gasteiger partial charge >= 0.3 is 0 Å². The topological polar surface area (TPSA) is 71.1 Å². The van der Waals surface area contributed by atoms with Gasteiger partial charge in [0.15, 0.2) is 0 Å². The number of rotatable bonds is 8. The maximum Gasteiger partial charge on any atom is 0.238 e. The van der Waals surface area contributed by atoms with E-state index in [4.69, 9.17) is 9.47 Å². The molecule has 0 saturated carbocycles. The predicted molar refractivity (Wildman–Crippen MR) is 111 cm³/mol. The molecule has 0 radical (unpaired) electrons. The molecule has 1 N–H and O–H groups in total. The fourth-order valence-electron chi connectivity index (χ4n) is 3.02. The summed E-state index contributed by atoms with van der Waals surface area (Å²) in [5.41, 5.74) is 1.79. The highest BCUT2D eigenvalue weighted by Crippen LogP contribution is 2.17. The Balaban J connectivity index is 1.40. The zero-order chi connectivity index (χ0) is 20.5. The van der Waals surface area contributed by atoms with Gasteiger partial charge in [0.25, 0.3) is 0 Å². The molecule has 1 fully saturated rings. The predicted octanol–water partition coefficient (Wildman–Crippen LogP) is 1.99. The molecule has 29 heavy (non-hydrogen) atoms. The molecule has 154 valence electrons. The van der Waals surface area contributed by atoms with Crippen LogP contribution in [-0.4, -0.2) is 68.1 Å². The van der Waals surface area contributed by atoms with Crippen molar-refractivity contribution in [2.75, 3.05) is 51.8 Å². The van der Waals surface area contributed by atoms with Crippen molar-refractivity contribution in [2.24, 2.45) is 0 Å². The summed E-state index contributed by atoms with van der Waals surface area (Å²) in [7, 11) is 1.76. The van der Waals surface area contributed by atoms with E-state index < -0.39 is 0 Å². The van der Waals surface area contributed by atoms with Gasteiger partial charge in [0.2, 0.25) is 11.8 Å². The second-order valence-corrected chi connectivity index (χ2v) is 7.01. The van der Waals surface area contributed by atoms with Gasteiger partial charge in [-0.1, -0.05) is 30.3 Å². The summed E-state index contributed by atoms with van der Waals surface area (Å²) < 4.78 is 11.0. The first-order valence-electron chi connectivity index (χ1n) is 9.71. The van der Waals surface area contributed by atoms with E-state index in [-0.39, 0.29) is 24.9 Å². The summed E-state index contributed by atoms with van der Waals surface area (Å²) in [6.07, 6.45) is 0. The summed E-state index contributed by atoms with van der Waals surface area (Å²) in [4.78, 5) is 28.0. The van der Waals surface area contributed by atoms with Crippen LogP contribution in [-0.2, 0) is 20.9 Å². The van der Waals surface area contributed by atoms with E-state index in [0.29, 0.717) is 38.6 Å². The maximum atomic E-state index is 12.2. The minimum atomic E-state index is -0.166. The van der Waals surface area contributed by atoms with Gasteiger partial charge < -0.3 is 19.7 Å². The lowest BCUT2D eigenvalue weighted by Crippen LogP contribution is -2.46. The average molecular weight is 397 g/mol. The van der Waals surface area contributed by atoms with Crippen LogP contribution in [0.5, 0.6) is 5.75 Å². The standard InChI is InChI=1S/C22H27N3O4/c1-24(16-22(27)25-11-13-28-14-12-25)15-21(26)23-19-7-9-20(10-8-19)29-17-18-5-3-2-4-6-18/h2-10H,11-17H2,1H3,(H,23,26). The molecule has 1 aliphatic heterocycles. The summed E-state index contributed by atoms with van der Waals surface area (Å²) in [5, 5.41) is 2.85. The molecule has 7 nitrogen and oxygen atoms in total. The number of hydrogen-bond acceptors (Lipinski definition) is 5. The number of anilines is 1. The normalized spacial score (nSPS) is 13.9. The highest BCUT2D eigenvalue weighted by Gasteiger charge is 2.19. The van der Waals surface area contributed by atoms with Crippen LogP contribution in [0, 0.1) is 0 Å². The van der Waals surface area contributed by atoms with Crippen LogP contribution in [0.25, 0.3) is 0 Å². The lowest BCUT2D eigenvalue weighted by atomic mass is 10.2. The second-order valence-electron chi connectivity index (χ2n) is 7.01. The van der Waals surface area contributed by atoms with Gasteiger partial charge in [-0.25, -0.2) is 0 Å². The van der Waals surface area contributed by atoms with Crippen molar-refractivity contribution < 1.29 is 19.1 Å². The van der Waals surface area contributed by atoms with Gasteiger partial charge in [-0.3, -0.25) is 14.5 Å². The molecule has 0 bridgehead atoms. The Kier molecular flexibility index (Phi) is 7.61. The van der Waals surface area contributed by atoms with Crippen LogP contribution in [0.2, 0.25) is 0 Å². The molecule has 0 aliphatic carbocycles. The van der Waals surface area contributed by atoms with Crippen LogP contribution >= 0.6 is 0 Å². The molecular weight excluding hydrogens is 370 g/mol. The number of nitrogens with one attached hydrogen (secondary N) is 1. The van der Waals surface area contributed by atoms with Gasteiger partial charge in [0.05, 0.1) is 26.3 Å². The van der Waals surface area contributed by atoms with Crippen LogP contribution < -0.4 is 10.1 Å². The zero-order valence-electron chi connectivity index (χ0n) is 16.7. The summed E-state index contributed by atoms with van der Waals surface area (Å²) >= 11 is 0. The fraction of sp³-hybridized carbons (Fsp3) is 0.364. The summed E-state index contributed by atoms with van der Waals surface area (Å²) in [6, 6.07) is 17.2. The summed E-state index contributed by atoms with van der Waals surface area (Å²) in [6.45, 7) is 3.20. The van der Waals surface area contributed by atoms with Crippen molar-refractivity contribution in [3.63, 3.8) is 0 Å². The second kappa shape index (κ2) is 10.6. The lowest BCUT2D eigenvalue weighted by Gasteiger charge is -2.28. The third-order valence-corrected chi connectivity index (χ3v) is 4.57. The van der Waals surface area contributed by atoms with E-state index >= 15 is 0 Å². The Labute approximate surface area is 171 Å². The number of benzene rings is 2. The molecule has 0 atom stereocenters. The number of morpholine rings is 1. The van der Waals surface area contributed by atoms with Crippen LogP contribution in [0.1, 0.15) is 5.56 Å². The Bertz CT molecular complexity index is 789. The molecule has 1 aliphatic rings. The number of nitrogens with zero attached hydrogens (tertiary/aromatic N) is 2. The van der Waals surface area contributed by atoms with Crippen molar-refractivity contribution in [3.8, 4) is 5.75 Å². The highest BCUT2D eigenvalue weighted by atomic mass is 16.5. The van der Waals surface area contributed by atoms with E-state index in [9.17, 15) is 9.59 Å². The first-order chi connectivity index (χ1) is 14.1. The molecule has 3 rings (SSSR count). The van der Waals surface area contributed by atoms with Crippen molar-refractivity contribution in [1.29, 1.82) is 0 Å². The quantitative estimate of drug-likeness (QED) is 0.738. The van der Waals surface area contributed by atoms with E-state index in [2.05, 4.69) is 5.32 Å². The Morgan fingerprint density at radius 3 is 2.41 bits per heavy atom. The van der Waals surface area contributed by atoms with Crippen LogP contribution in [0.4, 0.5) is 5.69 Å². The van der Waals surface area contributed by atoms with Gasteiger partial charge in [-0.15, -0.1) is 0 Å². The molecule has 2 amide bonds. The van der Waals surface area contributed by atoms with Crippen molar-refractivity contribution in [3.05, 3.63) is 60.2 Å². The zero-order valence-corrected chi connectivity index (χ0v) is 16.7. The minimum Gasteiger partial charge on any atom is -0.489 e. The minimum absolute atomic E-state index is 0.0171. The number of carbonyl (C=O) groups excluding carboxylic acids is 2. The van der Waals surface area contributed by atoms with Crippen LogP contribution in [0.3, 0.4) is 0 Å². The smallest absolute Gasteiger partial charge is 0.238 e. The monoisotopic (exact) mass is 397 g/mol. The molecule has 2 aromatic carbocycles. The number of likely N-dealkylation sites (N-methyl/N-ethyl adjacent to an activating group) is 1. The van der Waals surface area contributed by atoms with Gasteiger partial charge in [0, 0.05) is 18.8 Å². The summed E-state index contributed by atoms with van der Waals surface area (Å²) in [5.74, 6) is 0.587. The van der Waals surface area contributed by atoms with Crippen molar-refractivity contribution in [1.82, 2.24) is 9.80 Å². The molecule has 1 saturated heterocycles. The van der Waals surface area contributed by atoms with E-state index in [1.807, 2.05) is 42.5 Å². The Morgan fingerprint density at radius 1 is 1.03 bits per heavy atom. The number of ether oxygens (including phenoxy) is 2.